The van der Waals surface area contributed by atoms with Gasteiger partial charge in [0.05, 0.1) is 6.04 Å². The lowest BCUT2D eigenvalue weighted by molar-refractivity contribution is 0.191. The number of carbonyl (C=O) groups excluding carboxylic acids is 1. The molecule has 0 spiro atoms. The Bertz CT molecular complexity index is 739. The van der Waals surface area contributed by atoms with Crippen LogP contribution in [0.4, 0.5) is 10.5 Å². The van der Waals surface area contributed by atoms with Gasteiger partial charge >= 0.3 is 6.03 Å². The molecule has 1 aromatic heterocycles. The Balaban J connectivity index is 1.55. The molecule has 0 radical (unpaired) electrons. The molecule has 2 aromatic rings. The summed E-state index contributed by atoms with van der Waals surface area (Å²) in [5, 5.41) is 3.12. The summed E-state index contributed by atoms with van der Waals surface area (Å²) in [6, 6.07) is 12.9. The Kier molecular flexibility index (Phi) is 5.86. The molecule has 5 nitrogen and oxygen atoms in total. The number of nitrogens with one attached hydrogen (secondary N) is 1. The zero-order valence-electron chi connectivity index (χ0n) is 16.1. The Labute approximate surface area is 156 Å². The molecule has 1 aliphatic heterocycles. The van der Waals surface area contributed by atoms with Gasteiger partial charge in [-0.05, 0) is 56.5 Å². The van der Waals surface area contributed by atoms with E-state index in [1.807, 2.05) is 24.2 Å². The molecule has 1 aromatic carbocycles. The average molecular weight is 354 g/mol. The highest BCUT2D eigenvalue weighted by molar-refractivity contribution is 5.75. The summed E-state index contributed by atoms with van der Waals surface area (Å²) >= 11 is 0. The second-order valence-electron chi connectivity index (χ2n) is 7.05. The first-order valence-electron chi connectivity index (χ1n) is 9.57. The van der Waals surface area contributed by atoms with Gasteiger partial charge in [-0.1, -0.05) is 12.1 Å². The highest BCUT2D eigenvalue weighted by atomic mass is 16.2. The number of likely N-dealkylation sites (tertiary alicyclic amines) is 1. The molecule has 0 saturated carbocycles. The van der Waals surface area contributed by atoms with Crippen LogP contribution >= 0.6 is 0 Å². The number of urea groups is 1. The van der Waals surface area contributed by atoms with Crippen LogP contribution in [0.2, 0.25) is 0 Å². The molecule has 26 heavy (non-hydrogen) atoms. The molecule has 140 valence electrons. The minimum Gasteiger partial charge on any atom is -0.370 e. The topological polar surface area (TPSA) is 40.5 Å². The minimum atomic E-state index is 0.0500. The van der Waals surface area contributed by atoms with E-state index < -0.39 is 0 Å². The van der Waals surface area contributed by atoms with Gasteiger partial charge in [0.2, 0.25) is 0 Å². The van der Waals surface area contributed by atoms with Crippen LogP contribution < -0.4 is 10.2 Å². The third-order valence-corrected chi connectivity index (χ3v) is 5.25. The molecular formula is C21H30N4O. The lowest BCUT2D eigenvalue weighted by Gasteiger charge is -2.27. The molecule has 1 fully saturated rings. The number of benzene rings is 1. The first kappa shape index (κ1) is 18.4. The van der Waals surface area contributed by atoms with Crippen molar-refractivity contribution in [3.63, 3.8) is 0 Å². The van der Waals surface area contributed by atoms with Gasteiger partial charge in [-0.15, -0.1) is 0 Å². The van der Waals surface area contributed by atoms with E-state index in [-0.39, 0.29) is 12.1 Å². The van der Waals surface area contributed by atoms with Crippen LogP contribution in [-0.4, -0.2) is 41.7 Å². The van der Waals surface area contributed by atoms with Gasteiger partial charge in [-0.2, -0.15) is 0 Å². The summed E-state index contributed by atoms with van der Waals surface area (Å²) < 4.78 is 2.12. The van der Waals surface area contributed by atoms with E-state index in [1.165, 1.54) is 16.9 Å². The summed E-state index contributed by atoms with van der Waals surface area (Å²) in [6.45, 7) is 7.48. The van der Waals surface area contributed by atoms with Crippen molar-refractivity contribution in [2.24, 2.45) is 7.05 Å². The van der Waals surface area contributed by atoms with Gasteiger partial charge in [0, 0.05) is 50.8 Å². The highest BCUT2D eigenvalue weighted by Gasteiger charge is 2.31. The second kappa shape index (κ2) is 8.30. The molecule has 1 atom stereocenters. The van der Waals surface area contributed by atoms with E-state index in [1.54, 1.807) is 0 Å². The van der Waals surface area contributed by atoms with Crippen LogP contribution in [0.1, 0.15) is 37.1 Å². The number of rotatable bonds is 6. The molecule has 5 heteroatoms. The monoisotopic (exact) mass is 354 g/mol. The van der Waals surface area contributed by atoms with Crippen LogP contribution in [0.15, 0.2) is 42.6 Å². The molecule has 0 bridgehead atoms. The maximum Gasteiger partial charge on any atom is 0.318 e. The van der Waals surface area contributed by atoms with Crippen molar-refractivity contribution >= 4 is 11.7 Å². The van der Waals surface area contributed by atoms with Crippen LogP contribution in [0, 0.1) is 6.92 Å². The van der Waals surface area contributed by atoms with Crippen molar-refractivity contribution < 1.29 is 4.79 Å². The van der Waals surface area contributed by atoms with Crippen LogP contribution in [0.3, 0.4) is 0 Å². The number of anilines is 1. The van der Waals surface area contributed by atoms with Crippen LogP contribution in [0.25, 0.3) is 0 Å². The molecule has 1 aliphatic rings. The number of aromatic nitrogens is 1. The average Bonchev–Trinajstić information content (AvgIpc) is 3.27. The lowest BCUT2D eigenvalue weighted by atomic mass is 10.1. The van der Waals surface area contributed by atoms with Crippen molar-refractivity contribution in [2.45, 2.75) is 32.7 Å². The number of hydrogen-bond donors (Lipinski definition) is 1. The van der Waals surface area contributed by atoms with Gasteiger partial charge in [-0.25, -0.2) is 4.79 Å². The van der Waals surface area contributed by atoms with E-state index in [9.17, 15) is 4.79 Å². The van der Waals surface area contributed by atoms with Gasteiger partial charge in [0.25, 0.3) is 0 Å². The molecule has 1 unspecified atom stereocenters. The first-order valence-corrected chi connectivity index (χ1v) is 9.57. The fourth-order valence-corrected chi connectivity index (χ4v) is 3.83. The molecule has 3 rings (SSSR count). The highest BCUT2D eigenvalue weighted by Crippen LogP contribution is 2.31. The standard InChI is InChI=1S/C21H30N4O/c1-4-24(18-9-5-8-17(2)16-18)15-12-22-21(26)25-14-7-11-20(25)19-10-6-13-23(19)3/h5-6,8-10,13,16,20H,4,7,11-12,14-15H2,1-3H3,(H,22,26). The van der Waals surface area contributed by atoms with E-state index >= 15 is 0 Å². The maximum absolute atomic E-state index is 12.7. The third kappa shape index (κ3) is 4.03. The van der Waals surface area contributed by atoms with Crippen molar-refractivity contribution in [2.75, 3.05) is 31.1 Å². The summed E-state index contributed by atoms with van der Waals surface area (Å²) in [7, 11) is 2.05. The predicted molar refractivity (Wildman–Crippen MR) is 107 cm³/mol. The summed E-state index contributed by atoms with van der Waals surface area (Å²) in [5.41, 5.74) is 3.68. The molecule has 0 aliphatic carbocycles. The van der Waals surface area contributed by atoms with Gasteiger partial charge in [0.15, 0.2) is 0 Å². The zero-order valence-corrected chi connectivity index (χ0v) is 16.1. The van der Waals surface area contributed by atoms with Gasteiger partial charge in [-0.3, -0.25) is 0 Å². The fraction of sp³-hybridized carbons (Fsp3) is 0.476. The largest absolute Gasteiger partial charge is 0.370 e. The number of hydrogen-bond acceptors (Lipinski definition) is 2. The lowest BCUT2D eigenvalue weighted by Crippen LogP contribution is -2.43. The fourth-order valence-electron chi connectivity index (χ4n) is 3.83. The van der Waals surface area contributed by atoms with Crippen molar-refractivity contribution in [3.05, 3.63) is 53.9 Å². The minimum absolute atomic E-state index is 0.0500. The molecule has 2 heterocycles. The third-order valence-electron chi connectivity index (χ3n) is 5.25. The second-order valence-corrected chi connectivity index (χ2v) is 7.05. The van der Waals surface area contributed by atoms with Crippen LogP contribution in [0.5, 0.6) is 0 Å². The summed E-state index contributed by atoms with van der Waals surface area (Å²) in [4.78, 5) is 17.0. The van der Waals surface area contributed by atoms with Crippen LogP contribution in [-0.2, 0) is 7.05 Å². The van der Waals surface area contributed by atoms with Gasteiger partial charge < -0.3 is 19.7 Å². The van der Waals surface area contributed by atoms with Crippen molar-refractivity contribution in [3.8, 4) is 0 Å². The quantitative estimate of drug-likeness (QED) is 0.859. The van der Waals surface area contributed by atoms with E-state index in [0.29, 0.717) is 6.54 Å². The number of carbonyl (C=O) groups is 1. The van der Waals surface area contributed by atoms with E-state index in [2.05, 4.69) is 59.0 Å². The Hall–Kier alpha value is -2.43. The normalized spacial score (nSPS) is 16.7. The zero-order chi connectivity index (χ0) is 18.5. The molecule has 1 saturated heterocycles. The number of nitrogens with zero attached hydrogens (tertiary/aromatic N) is 3. The van der Waals surface area contributed by atoms with Crippen molar-refractivity contribution in [1.29, 1.82) is 0 Å². The molecule has 1 N–H and O–H groups in total. The summed E-state index contributed by atoms with van der Waals surface area (Å²) in [5.74, 6) is 0. The first-order chi connectivity index (χ1) is 12.6. The number of likely N-dealkylation sites (N-methyl/N-ethyl adjacent to an activating group) is 1. The number of aryl methyl sites for hydroxylation is 2. The Morgan fingerprint density at radius 2 is 2.15 bits per heavy atom. The Morgan fingerprint density at radius 1 is 1.31 bits per heavy atom. The molecular weight excluding hydrogens is 324 g/mol. The SMILES string of the molecule is CCN(CCNC(=O)N1CCCC1c1cccn1C)c1cccc(C)c1. The van der Waals surface area contributed by atoms with E-state index in [0.717, 1.165) is 32.5 Å². The summed E-state index contributed by atoms with van der Waals surface area (Å²) in [6.07, 6.45) is 4.15. The smallest absolute Gasteiger partial charge is 0.318 e. The number of amides is 2. The van der Waals surface area contributed by atoms with E-state index in [4.69, 9.17) is 0 Å². The Morgan fingerprint density at radius 3 is 2.85 bits per heavy atom. The van der Waals surface area contributed by atoms with Gasteiger partial charge in [0.1, 0.15) is 0 Å². The predicted octanol–water partition coefficient (Wildman–Crippen LogP) is 3.71. The molecule has 2 amide bonds. The van der Waals surface area contributed by atoms with Crippen molar-refractivity contribution in [1.82, 2.24) is 14.8 Å². The maximum atomic E-state index is 12.7.